The zero-order chi connectivity index (χ0) is 17.1. The normalized spacial score (nSPS) is 10.6. The molecule has 0 radical (unpaired) electrons. The second kappa shape index (κ2) is 7.07. The largest absolute Gasteiger partial charge is 0.497 e. The predicted octanol–water partition coefficient (Wildman–Crippen LogP) is 4.51. The van der Waals surface area contributed by atoms with Crippen molar-refractivity contribution in [1.82, 2.24) is 14.8 Å². The molecule has 124 valence electrons. The molecular formula is C17H17ClN4OS. The summed E-state index contributed by atoms with van der Waals surface area (Å²) in [7, 11) is 1.64. The summed E-state index contributed by atoms with van der Waals surface area (Å²) in [5.74, 6) is 1.57. The van der Waals surface area contributed by atoms with Gasteiger partial charge in [-0.05, 0) is 61.1 Å². The lowest BCUT2D eigenvalue weighted by Crippen LogP contribution is -2.07. The van der Waals surface area contributed by atoms with Crippen LogP contribution < -0.4 is 10.1 Å². The first-order valence-electron chi connectivity index (χ1n) is 7.39. The molecule has 0 atom stereocenters. The van der Waals surface area contributed by atoms with Crippen LogP contribution in [0.2, 0.25) is 5.02 Å². The summed E-state index contributed by atoms with van der Waals surface area (Å²) in [6.07, 6.45) is 0. The number of nitrogens with zero attached hydrogens (tertiary/aromatic N) is 2. The fourth-order valence-electron chi connectivity index (χ4n) is 2.33. The second-order valence-electron chi connectivity index (χ2n) is 5.30. The van der Waals surface area contributed by atoms with Crippen LogP contribution in [0.3, 0.4) is 0 Å². The molecule has 1 aromatic heterocycles. The number of benzene rings is 2. The number of aromatic nitrogens is 3. The average molecular weight is 361 g/mol. The van der Waals surface area contributed by atoms with Crippen molar-refractivity contribution in [3.05, 3.63) is 63.6 Å². The van der Waals surface area contributed by atoms with Gasteiger partial charge in [-0.3, -0.25) is 9.67 Å². The van der Waals surface area contributed by atoms with E-state index in [9.17, 15) is 0 Å². The summed E-state index contributed by atoms with van der Waals surface area (Å²) in [5, 5.41) is 11.2. The van der Waals surface area contributed by atoms with Crippen molar-refractivity contribution >= 4 is 29.5 Å². The molecule has 0 amide bonds. The zero-order valence-corrected chi connectivity index (χ0v) is 14.9. The Kier molecular flexibility index (Phi) is 4.87. The van der Waals surface area contributed by atoms with E-state index >= 15 is 0 Å². The minimum Gasteiger partial charge on any atom is -0.497 e. The Morgan fingerprint density at radius 3 is 2.67 bits per heavy atom. The fourth-order valence-corrected chi connectivity index (χ4v) is 2.77. The van der Waals surface area contributed by atoms with Crippen molar-refractivity contribution in [3.8, 4) is 11.4 Å². The van der Waals surface area contributed by atoms with E-state index in [1.165, 1.54) is 0 Å². The fraction of sp³-hybridized carbons (Fsp3) is 0.176. The summed E-state index contributed by atoms with van der Waals surface area (Å²) in [4.78, 5) is 0. The molecule has 0 spiro atoms. The number of rotatable bonds is 5. The highest BCUT2D eigenvalue weighted by atomic mass is 35.5. The molecule has 0 unspecified atom stereocenters. The maximum absolute atomic E-state index is 6.16. The minimum absolute atomic E-state index is 0.512. The van der Waals surface area contributed by atoms with Gasteiger partial charge in [0, 0.05) is 16.4 Å². The van der Waals surface area contributed by atoms with E-state index in [0.717, 1.165) is 33.5 Å². The summed E-state index contributed by atoms with van der Waals surface area (Å²) in [5.41, 5.74) is 2.90. The van der Waals surface area contributed by atoms with Gasteiger partial charge in [0.1, 0.15) is 5.75 Å². The SMILES string of the molecule is COc1ccc(-n2c(CNc3ccc(C)c(Cl)c3)n[nH]c2=S)cc1. The molecule has 0 saturated carbocycles. The molecule has 2 N–H and O–H groups in total. The van der Waals surface area contributed by atoms with Crippen molar-refractivity contribution in [2.75, 3.05) is 12.4 Å². The number of hydrogen-bond donors (Lipinski definition) is 2. The molecular weight excluding hydrogens is 344 g/mol. The molecule has 3 aromatic rings. The van der Waals surface area contributed by atoms with E-state index in [1.54, 1.807) is 7.11 Å². The Labute approximate surface area is 150 Å². The van der Waals surface area contributed by atoms with Gasteiger partial charge < -0.3 is 10.1 Å². The number of methoxy groups -OCH3 is 1. The van der Waals surface area contributed by atoms with Crippen LogP contribution in [0.1, 0.15) is 11.4 Å². The van der Waals surface area contributed by atoms with Crippen LogP contribution in [0.4, 0.5) is 5.69 Å². The Morgan fingerprint density at radius 2 is 2.00 bits per heavy atom. The van der Waals surface area contributed by atoms with Crippen LogP contribution >= 0.6 is 23.8 Å². The van der Waals surface area contributed by atoms with E-state index in [2.05, 4.69) is 15.5 Å². The van der Waals surface area contributed by atoms with E-state index < -0.39 is 0 Å². The number of halogens is 1. The topological polar surface area (TPSA) is 54.9 Å². The summed E-state index contributed by atoms with van der Waals surface area (Å²) in [6, 6.07) is 13.5. The monoisotopic (exact) mass is 360 g/mol. The van der Waals surface area contributed by atoms with Gasteiger partial charge in [-0.15, -0.1) is 0 Å². The summed E-state index contributed by atoms with van der Waals surface area (Å²) in [6.45, 7) is 2.49. The van der Waals surface area contributed by atoms with Gasteiger partial charge in [-0.25, -0.2) is 0 Å². The summed E-state index contributed by atoms with van der Waals surface area (Å²) < 4.78 is 7.62. The molecule has 0 saturated heterocycles. The number of nitrogens with one attached hydrogen (secondary N) is 2. The van der Waals surface area contributed by atoms with E-state index in [4.69, 9.17) is 28.6 Å². The lowest BCUT2D eigenvalue weighted by atomic mass is 10.2. The first kappa shape index (κ1) is 16.5. The van der Waals surface area contributed by atoms with Gasteiger partial charge in [0.2, 0.25) is 0 Å². The Morgan fingerprint density at radius 1 is 1.25 bits per heavy atom. The van der Waals surface area contributed by atoms with Gasteiger partial charge in [0.15, 0.2) is 10.6 Å². The molecule has 3 rings (SSSR count). The standard InChI is InChI=1S/C17H17ClN4OS/c1-11-3-4-12(9-15(11)18)19-10-16-20-21-17(24)22(16)13-5-7-14(23-2)8-6-13/h3-9,19H,10H2,1-2H3,(H,21,24). The quantitative estimate of drug-likeness (QED) is 0.657. The van der Waals surface area contributed by atoms with Crippen LogP contribution in [-0.4, -0.2) is 21.9 Å². The molecule has 0 aliphatic carbocycles. The third-order valence-corrected chi connectivity index (χ3v) is 4.38. The molecule has 0 aliphatic heterocycles. The molecule has 0 aliphatic rings. The Bertz CT molecular complexity index is 902. The molecule has 2 aromatic carbocycles. The van der Waals surface area contributed by atoms with Crippen molar-refractivity contribution in [2.24, 2.45) is 0 Å². The highest BCUT2D eigenvalue weighted by molar-refractivity contribution is 7.71. The van der Waals surface area contributed by atoms with E-state index in [1.807, 2.05) is 54.0 Å². The van der Waals surface area contributed by atoms with Crippen molar-refractivity contribution < 1.29 is 4.74 Å². The van der Waals surface area contributed by atoms with Gasteiger partial charge in [0.25, 0.3) is 0 Å². The minimum atomic E-state index is 0.512. The maximum atomic E-state index is 6.16. The third-order valence-electron chi connectivity index (χ3n) is 3.69. The van der Waals surface area contributed by atoms with Crippen LogP contribution in [0.25, 0.3) is 5.69 Å². The van der Waals surface area contributed by atoms with Crippen molar-refractivity contribution in [1.29, 1.82) is 0 Å². The van der Waals surface area contributed by atoms with Crippen LogP contribution in [0.5, 0.6) is 5.75 Å². The van der Waals surface area contributed by atoms with E-state index in [0.29, 0.717) is 11.3 Å². The summed E-state index contributed by atoms with van der Waals surface area (Å²) >= 11 is 11.5. The molecule has 24 heavy (non-hydrogen) atoms. The van der Waals surface area contributed by atoms with Crippen LogP contribution in [0, 0.1) is 11.7 Å². The smallest absolute Gasteiger partial charge is 0.199 e. The predicted molar refractivity (Wildman–Crippen MR) is 98.8 cm³/mol. The highest BCUT2D eigenvalue weighted by Gasteiger charge is 2.09. The first-order valence-corrected chi connectivity index (χ1v) is 8.18. The number of H-pyrrole nitrogens is 1. The van der Waals surface area contributed by atoms with E-state index in [-0.39, 0.29) is 0 Å². The molecule has 0 fully saturated rings. The highest BCUT2D eigenvalue weighted by Crippen LogP contribution is 2.21. The van der Waals surface area contributed by atoms with Gasteiger partial charge in [0.05, 0.1) is 13.7 Å². The number of ether oxygens (including phenoxy) is 1. The van der Waals surface area contributed by atoms with Gasteiger partial charge in [-0.1, -0.05) is 17.7 Å². The molecule has 5 nitrogen and oxygen atoms in total. The number of hydrogen-bond acceptors (Lipinski definition) is 4. The molecule has 7 heteroatoms. The Hall–Kier alpha value is -2.31. The van der Waals surface area contributed by atoms with Crippen molar-refractivity contribution in [2.45, 2.75) is 13.5 Å². The lowest BCUT2D eigenvalue weighted by molar-refractivity contribution is 0.414. The number of aryl methyl sites for hydroxylation is 1. The Balaban J connectivity index is 1.84. The van der Waals surface area contributed by atoms with Crippen LogP contribution in [0.15, 0.2) is 42.5 Å². The number of aromatic amines is 1. The van der Waals surface area contributed by atoms with Crippen LogP contribution in [-0.2, 0) is 6.54 Å². The second-order valence-corrected chi connectivity index (χ2v) is 6.09. The molecule has 1 heterocycles. The van der Waals surface area contributed by atoms with Gasteiger partial charge in [-0.2, -0.15) is 5.10 Å². The van der Waals surface area contributed by atoms with Crippen molar-refractivity contribution in [3.63, 3.8) is 0 Å². The lowest BCUT2D eigenvalue weighted by Gasteiger charge is -2.10. The number of anilines is 1. The first-order chi connectivity index (χ1) is 11.6. The maximum Gasteiger partial charge on any atom is 0.199 e. The van der Waals surface area contributed by atoms with Gasteiger partial charge >= 0.3 is 0 Å². The average Bonchev–Trinajstić information content (AvgIpc) is 2.97. The molecule has 0 bridgehead atoms. The zero-order valence-electron chi connectivity index (χ0n) is 13.3. The third kappa shape index (κ3) is 3.44.